The summed E-state index contributed by atoms with van der Waals surface area (Å²) in [5.74, 6) is -0.611. The maximum atomic E-state index is 12.7. The van der Waals surface area contributed by atoms with Crippen molar-refractivity contribution in [2.75, 3.05) is 11.4 Å². The van der Waals surface area contributed by atoms with Crippen molar-refractivity contribution in [1.29, 1.82) is 0 Å². The van der Waals surface area contributed by atoms with E-state index in [0.717, 1.165) is 13.7 Å². The molecule has 12 heteroatoms. The van der Waals surface area contributed by atoms with Gasteiger partial charge in [-0.05, 0) is 40.7 Å². The molecule has 0 spiro atoms. The van der Waals surface area contributed by atoms with E-state index in [0.29, 0.717) is 15.4 Å². The Balaban J connectivity index is 1.85. The summed E-state index contributed by atoms with van der Waals surface area (Å²) in [6, 6.07) is 1.82. The molecule has 0 saturated heterocycles. The molecule has 140 valence electrons. The molecule has 0 unspecified atom stereocenters. The Morgan fingerprint density at radius 1 is 1.22 bits per heavy atom. The van der Waals surface area contributed by atoms with Crippen molar-refractivity contribution in [1.82, 2.24) is 25.3 Å². The summed E-state index contributed by atoms with van der Waals surface area (Å²) < 4.78 is 1.62. The molecule has 0 aliphatic rings. The molecule has 8 nitrogen and oxygen atoms in total. The first kappa shape index (κ1) is 19.9. The number of aryl methyl sites for hydroxylation is 1. The highest BCUT2D eigenvalue weighted by atomic mass is 79.9. The molecule has 0 bridgehead atoms. The van der Waals surface area contributed by atoms with Crippen LogP contribution >= 0.6 is 50.4 Å². The number of thiazole rings is 2. The Morgan fingerprint density at radius 2 is 1.96 bits per heavy atom. The molecular formula is C15H13BrN6O2S3. The zero-order valence-corrected chi connectivity index (χ0v) is 18.2. The monoisotopic (exact) mass is 484 g/mol. The molecule has 3 aromatic heterocycles. The van der Waals surface area contributed by atoms with Crippen LogP contribution in [0.15, 0.2) is 37.8 Å². The second kappa shape index (κ2) is 8.87. The molecule has 0 aromatic carbocycles. The lowest BCUT2D eigenvalue weighted by Gasteiger charge is -2.16. The fourth-order valence-corrected chi connectivity index (χ4v) is 5.02. The average molecular weight is 485 g/mol. The van der Waals surface area contributed by atoms with Crippen LogP contribution in [0.5, 0.6) is 0 Å². The van der Waals surface area contributed by atoms with Crippen LogP contribution in [0.1, 0.15) is 12.6 Å². The fourth-order valence-electron chi connectivity index (χ4n) is 1.89. The number of aromatic nitrogens is 4. The van der Waals surface area contributed by atoms with Crippen molar-refractivity contribution in [3.8, 4) is 0 Å². The molecule has 3 rings (SSSR count). The number of anilines is 2. The van der Waals surface area contributed by atoms with E-state index in [1.165, 1.54) is 46.3 Å². The third-order valence-electron chi connectivity index (χ3n) is 3.02. The van der Waals surface area contributed by atoms with Gasteiger partial charge in [-0.3, -0.25) is 9.59 Å². The summed E-state index contributed by atoms with van der Waals surface area (Å²) in [5, 5.41) is 4.05. The third-order valence-corrected chi connectivity index (χ3v) is 6.45. The Kier molecular flexibility index (Phi) is 6.52. The van der Waals surface area contributed by atoms with E-state index in [1.54, 1.807) is 18.6 Å². The number of nitrogens with zero attached hydrogens (tertiary/aromatic N) is 5. The van der Waals surface area contributed by atoms with E-state index in [4.69, 9.17) is 0 Å². The van der Waals surface area contributed by atoms with E-state index < -0.39 is 0 Å². The van der Waals surface area contributed by atoms with Crippen LogP contribution < -0.4 is 10.2 Å². The molecular weight excluding hydrogens is 472 g/mol. The lowest BCUT2D eigenvalue weighted by atomic mass is 10.5. The number of carbonyl (C=O) groups excluding carboxylic acids is 2. The van der Waals surface area contributed by atoms with Crippen molar-refractivity contribution >= 4 is 72.4 Å². The predicted octanol–water partition coefficient (Wildman–Crippen LogP) is 3.41. The lowest BCUT2D eigenvalue weighted by molar-refractivity contribution is -0.123. The zero-order chi connectivity index (χ0) is 19.4. The van der Waals surface area contributed by atoms with E-state index in [9.17, 15) is 9.59 Å². The van der Waals surface area contributed by atoms with E-state index in [2.05, 4.69) is 41.2 Å². The summed E-state index contributed by atoms with van der Waals surface area (Å²) in [6.45, 7) is 3.11. The number of hydrogen-bond donors (Lipinski definition) is 1. The Hall–Kier alpha value is -1.89. The van der Waals surface area contributed by atoms with Gasteiger partial charge in [-0.1, -0.05) is 22.7 Å². The van der Waals surface area contributed by atoms with E-state index >= 15 is 0 Å². The highest BCUT2D eigenvalue weighted by Gasteiger charge is 2.24. The highest BCUT2D eigenvalue weighted by molar-refractivity contribution is 9.11. The maximum absolute atomic E-state index is 12.7. The van der Waals surface area contributed by atoms with Crippen LogP contribution in [0, 0.1) is 6.92 Å². The predicted molar refractivity (Wildman–Crippen MR) is 109 cm³/mol. The van der Waals surface area contributed by atoms with Gasteiger partial charge in [0.25, 0.3) is 5.91 Å². The van der Waals surface area contributed by atoms with Gasteiger partial charge in [0.2, 0.25) is 5.91 Å². The molecule has 27 heavy (non-hydrogen) atoms. The number of amides is 2. The zero-order valence-electron chi connectivity index (χ0n) is 14.2. The summed E-state index contributed by atoms with van der Waals surface area (Å²) in [5.41, 5.74) is 0.872. The molecule has 0 radical (unpaired) electrons. The van der Waals surface area contributed by atoms with Crippen molar-refractivity contribution in [2.24, 2.45) is 0 Å². The first-order chi connectivity index (χ1) is 12.9. The third kappa shape index (κ3) is 5.31. The molecule has 0 saturated carbocycles. The Bertz CT molecular complexity index is 976. The number of nitrogens with one attached hydrogen (secondary N) is 1. The van der Waals surface area contributed by atoms with Crippen LogP contribution in [-0.2, 0) is 9.59 Å². The van der Waals surface area contributed by atoms with Gasteiger partial charge in [-0.25, -0.2) is 24.8 Å². The molecule has 0 fully saturated rings. The number of rotatable bonds is 6. The molecule has 1 N–H and O–H groups in total. The van der Waals surface area contributed by atoms with Gasteiger partial charge in [0, 0.05) is 18.8 Å². The second-order valence-corrected chi connectivity index (χ2v) is 9.80. The summed E-state index contributed by atoms with van der Waals surface area (Å²) in [7, 11) is 0. The average Bonchev–Trinajstić information content (AvgIpc) is 3.23. The minimum absolute atomic E-state index is 0.143. The molecule has 3 heterocycles. The van der Waals surface area contributed by atoms with Crippen LogP contribution in [0.4, 0.5) is 10.3 Å². The van der Waals surface area contributed by atoms with Gasteiger partial charge in [-0.15, -0.1) is 0 Å². The number of hydrogen-bond acceptors (Lipinski definition) is 9. The van der Waals surface area contributed by atoms with Crippen molar-refractivity contribution in [3.63, 3.8) is 0 Å². The van der Waals surface area contributed by atoms with Crippen LogP contribution in [-0.4, -0.2) is 38.3 Å². The van der Waals surface area contributed by atoms with Gasteiger partial charge in [-0.2, -0.15) is 0 Å². The molecule has 0 aliphatic heterocycles. The summed E-state index contributed by atoms with van der Waals surface area (Å²) in [6.07, 6.45) is 4.98. The van der Waals surface area contributed by atoms with Crippen molar-refractivity contribution < 1.29 is 9.59 Å². The molecule has 0 aliphatic carbocycles. The lowest BCUT2D eigenvalue weighted by Crippen LogP contribution is -2.36. The first-order valence-corrected chi connectivity index (χ1v) is 10.8. The van der Waals surface area contributed by atoms with Crippen molar-refractivity contribution in [3.05, 3.63) is 34.1 Å². The van der Waals surface area contributed by atoms with Gasteiger partial charge in [0.05, 0.1) is 26.9 Å². The minimum atomic E-state index is -0.329. The summed E-state index contributed by atoms with van der Waals surface area (Å²) >= 11 is 7.35. The smallest absolute Gasteiger partial charge is 0.254 e. The minimum Gasteiger partial charge on any atom is -0.347 e. The maximum Gasteiger partial charge on any atom is 0.254 e. The number of halogens is 1. The normalized spacial score (nSPS) is 10.6. The van der Waals surface area contributed by atoms with Gasteiger partial charge >= 0.3 is 0 Å². The van der Waals surface area contributed by atoms with E-state index in [-0.39, 0.29) is 18.4 Å². The SMILES string of the molecule is CC(=O)NCC(=O)N(c1ncc(Br)s1)c1ncc(Sc2nccc(C)n2)s1. The van der Waals surface area contributed by atoms with E-state index in [1.807, 2.05) is 13.0 Å². The molecule has 3 aromatic rings. The van der Waals surface area contributed by atoms with Crippen LogP contribution in [0.2, 0.25) is 0 Å². The van der Waals surface area contributed by atoms with Crippen LogP contribution in [0.3, 0.4) is 0 Å². The molecule has 2 amide bonds. The van der Waals surface area contributed by atoms with Gasteiger partial charge in [0.15, 0.2) is 15.4 Å². The quantitative estimate of drug-likeness (QED) is 0.534. The Labute approximate surface area is 175 Å². The number of carbonyl (C=O) groups is 2. The van der Waals surface area contributed by atoms with Gasteiger partial charge < -0.3 is 5.32 Å². The topological polar surface area (TPSA) is 101 Å². The second-order valence-electron chi connectivity index (χ2n) is 5.13. The largest absolute Gasteiger partial charge is 0.347 e. The van der Waals surface area contributed by atoms with Gasteiger partial charge in [0.1, 0.15) is 0 Å². The fraction of sp³-hybridized carbons (Fsp3) is 0.200. The van der Waals surface area contributed by atoms with Crippen molar-refractivity contribution in [2.45, 2.75) is 23.2 Å². The highest BCUT2D eigenvalue weighted by Crippen LogP contribution is 2.38. The van der Waals surface area contributed by atoms with Crippen LogP contribution in [0.25, 0.3) is 0 Å². The Morgan fingerprint density at radius 3 is 2.63 bits per heavy atom. The first-order valence-electron chi connectivity index (χ1n) is 7.54. The standard InChI is InChI=1S/C15H13BrN6O2S3/c1-8-3-4-17-13(21-8)26-12-7-20-15(27-12)22(11(24)6-18-9(2)23)14-19-5-10(16)25-14/h3-5,7H,6H2,1-2H3,(H,18,23). The summed E-state index contributed by atoms with van der Waals surface area (Å²) in [4.78, 5) is 42.4. The molecule has 0 atom stereocenters.